The molecule has 2 heterocycles. The van der Waals surface area contributed by atoms with E-state index in [4.69, 9.17) is 0 Å². The highest BCUT2D eigenvalue weighted by molar-refractivity contribution is 14.1. The van der Waals surface area contributed by atoms with Crippen molar-refractivity contribution >= 4 is 34.4 Å². The van der Waals surface area contributed by atoms with Crippen molar-refractivity contribution in [2.45, 2.75) is 11.2 Å². The summed E-state index contributed by atoms with van der Waals surface area (Å²) in [5, 5.41) is 5.65. The molecule has 3 nitrogen and oxygen atoms in total. The fourth-order valence-corrected chi connectivity index (χ4v) is 3.89. The van der Waals surface area contributed by atoms with Crippen LogP contribution in [0.2, 0.25) is 0 Å². The average molecular weight is 343 g/mol. The maximum atomic E-state index is 4.59. The first-order valence-electron chi connectivity index (χ1n) is 5.09. The fraction of sp³-hybridized carbons (Fsp3) is 0.273. The van der Waals surface area contributed by atoms with Crippen LogP contribution in [0.15, 0.2) is 35.5 Å². The highest BCUT2D eigenvalue weighted by Gasteiger charge is 2.25. The molecule has 1 aromatic heterocycles. The summed E-state index contributed by atoms with van der Waals surface area (Å²) >= 11 is 4.21. The zero-order chi connectivity index (χ0) is 11.0. The van der Waals surface area contributed by atoms with Crippen LogP contribution in [-0.4, -0.2) is 24.9 Å². The summed E-state index contributed by atoms with van der Waals surface area (Å²) in [4.78, 5) is 4.57. The number of rotatable bonds is 2. The number of hydrogen-bond acceptors (Lipinski definition) is 3. The van der Waals surface area contributed by atoms with Crippen molar-refractivity contribution < 1.29 is 0 Å². The lowest BCUT2D eigenvalue weighted by atomic mass is 10.2. The van der Waals surface area contributed by atoms with Gasteiger partial charge in [0, 0.05) is 15.7 Å². The SMILES string of the molecule is ICC1CSc2nc(-c3ccccc3)nn21. The molecule has 82 valence electrons. The van der Waals surface area contributed by atoms with E-state index >= 15 is 0 Å². The first kappa shape index (κ1) is 10.6. The van der Waals surface area contributed by atoms with E-state index in [9.17, 15) is 0 Å². The van der Waals surface area contributed by atoms with Crippen LogP contribution < -0.4 is 0 Å². The van der Waals surface area contributed by atoms with Crippen LogP contribution in [0.3, 0.4) is 0 Å². The van der Waals surface area contributed by atoms with E-state index < -0.39 is 0 Å². The number of halogens is 1. The molecule has 0 radical (unpaired) electrons. The van der Waals surface area contributed by atoms with E-state index in [1.165, 1.54) is 0 Å². The summed E-state index contributed by atoms with van der Waals surface area (Å²) in [6, 6.07) is 10.7. The molecule has 0 spiro atoms. The Morgan fingerprint density at radius 1 is 1.38 bits per heavy atom. The smallest absolute Gasteiger partial charge is 0.187 e. The molecule has 1 aromatic carbocycles. The van der Waals surface area contributed by atoms with Gasteiger partial charge in [0.1, 0.15) is 0 Å². The zero-order valence-electron chi connectivity index (χ0n) is 8.51. The second-order valence-electron chi connectivity index (χ2n) is 3.65. The molecule has 0 N–H and O–H groups in total. The van der Waals surface area contributed by atoms with Gasteiger partial charge >= 0.3 is 0 Å². The minimum atomic E-state index is 0.505. The summed E-state index contributed by atoms with van der Waals surface area (Å²) in [7, 11) is 0. The van der Waals surface area contributed by atoms with Gasteiger partial charge in [-0.3, -0.25) is 0 Å². The standard InChI is InChI=1S/C11H10IN3S/c12-6-9-7-16-11-13-10(14-15(9)11)8-4-2-1-3-5-8/h1-5,9H,6-7H2. The van der Waals surface area contributed by atoms with Gasteiger partial charge in [-0.1, -0.05) is 64.7 Å². The first-order chi connectivity index (χ1) is 7.88. The molecular weight excluding hydrogens is 333 g/mol. The summed E-state index contributed by atoms with van der Waals surface area (Å²) in [5.41, 5.74) is 1.09. The highest BCUT2D eigenvalue weighted by atomic mass is 127. The Balaban J connectivity index is 2.00. The van der Waals surface area contributed by atoms with Crippen LogP contribution in [0, 0.1) is 0 Å². The van der Waals surface area contributed by atoms with Crippen molar-refractivity contribution in [1.82, 2.24) is 14.8 Å². The molecule has 0 aliphatic carbocycles. The van der Waals surface area contributed by atoms with Gasteiger partial charge in [0.05, 0.1) is 6.04 Å². The number of nitrogens with zero attached hydrogens (tertiary/aromatic N) is 3. The monoisotopic (exact) mass is 343 g/mol. The lowest BCUT2D eigenvalue weighted by molar-refractivity contribution is 0.527. The van der Waals surface area contributed by atoms with E-state index in [-0.39, 0.29) is 0 Å². The number of benzene rings is 1. The molecule has 0 bridgehead atoms. The molecule has 0 amide bonds. The number of thioether (sulfide) groups is 1. The molecule has 0 saturated heterocycles. The Bertz CT molecular complexity index is 497. The molecule has 0 fully saturated rings. The lowest BCUT2D eigenvalue weighted by Crippen LogP contribution is -2.09. The molecule has 2 aromatic rings. The van der Waals surface area contributed by atoms with Crippen molar-refractivity contribution in [2.75, 3.05) is 10.2 Å². The highest BCUT2D eigenvalue weighted by Crippen LogP contribution is 2.33. The minimum Gasteiger partial charge on any atom is -0.235 e. The lowest BCUT2D eigenvalue weighted by Gasteiger charge is -2.04. The van der Waals surface area contributed by atoms with Crippen LogP contribution in [0.4, 0.5) is 0 Å². The maximum absolute atomic E-state index is 4.59. The Kier molecular flexibility index (Phi) is 2.89. The Morgan fingerprint density at radius 2 is 2.19 bits per heavy atom. The average Bonchev–Trinajstić information content (AvgIpc) is 2.89. The van der Waals surface area contributed by atoms with Gasteiger partial charge in [-0.25, -0.2) is 9.67 Å². The van der Waals surface area contributed by atoms with Crippen molar-refractivity contribution in [3.05, 3.63) is 30.3 Å². The summed E-state index contributed by atoms with van der Waals surface area (Å²) in [6.07, 6.45) is 0. The van der Waals surface area contributed by atoms with Gasteiger partial charge in [-0.15, -0.1) is 5.10 Å². The van der Waals surface area contributed by atoms with Crippen LogP contribution in [0.5, 0.6) is 0 Å². The van der Waals surface area contributed by atoms with Gasteiger partial charge in [-0.2, -0.15) is 0 Å². The minimum absolute atomic E-state index is 0.505. The van der Waals surface area contributed by atoms with E-state index in [1.807, 2.05) is 18.2 Å². The summed E-state index contributed by atoms with van der Waals surface area (Å²) in [5.74, 6) is 1.95. The normalized spacial score (nSPS) is 18.7. The largest absolute Gasteiger partial charge is 0.235 e. The number of alkyl halides is 1. The van der Waals surface area contributed by atoms with Crippen LogP contribution >= 0.6 is 34.4 Å². The third kappa shape index (κ3) is 1.75. The van der Waals surface area contributed by atoms with Gasteiger partial charge < -0.3 is 0 Å². The molecule has 1 unspecified atom stereocenters. The van der Waals surface area contributed by atoms with Crippen molar-refractivity contribution in [2.24, 2.45) is 0 Å². The van der Waals surface area contributed by atoms with Gasteiger partial charge in [0.2, 0.25) is 0 Å². The van der Waals surface area contributed by atoms with E-state index in [2.05, 4.69) is 49.5 Å². The van der Waals surface area contributed by atoms with E-state index in [0.29, 0.717) is 6.04 Å². The molecular formula is C11H10IN3S. The topological polar surface area (TPSA) is 30.7 Å². The summed E-state index contributed by atoms with van der Waals surface area (Å²) in [6.45, 7) is 0. The van der Waals surface area contributed by atoms with E-state index in [1.54, 1.807) is 11.8 Å². The Morgan fingerprint density at radius 3 is 2.94 bits per heavy atom. The van der Waals surface area contributed by atoms with Crippen molar-refractivity contribution in [1.29, 1.82) is 0 Å². The van der Waals surface area contributed by atoms with Crippen molar-refractivity contribution in [3.8, 4) is 11.4 Å². The zero-order valence-corrected chi connectivity index (χ0v) is 11.5. The number of hydrogen-bond donors (Lipinski definition) is 0. The molecule has 5 heteroatoms. The van der Waals surface area contributed by atoms with Crippen molar-refractivity contribution in [3.63, 3.8) is 0 Å². The fourth-order valence-electron chi connectivity index (χ4n) is 1.71. The summed E-state index contributed by atoms with van der Waals surface area (Å²) < 4.78 is 3.16. The third-order valence-electron chi connectivity index (χ3n) is 2.56. The Labute approximate surface area is 112 Å². The molecule has 1 aliphatic rings. The van der Waals surface area contributed by atoms with Gasteiger partial charge in [0.15, 0.2) is 11.0 Å². The first-order valence-corrected chi connectivity index (χ1v) is 7.60. The third-order valence-corrected chi connectivity index (χ3v) is 4.67. The molecule has 1 atom stereocenters. The second-order valence-corrected chi connectivity index (χ2v) is 5.52. The number of aromatic nitrogens is 3. The Hall–Kier alpha value is -0.560. The molecule has 3 rings (SSSR count). The van der Waals surface area contributed by atoms with Gasteiger partial charge in [0.25, 0.3) is 0 Å². The van der Waals surface area contributed by atoms with Gasteiger partial charge in [-0.05, 0) is 0 Å². The molecule has 1 aliphatic heterocycles. The predicted octanol–water partition coefficient (Wildman–Crippen LogP) is 3.03. The van der Waals surface area contributed by atoms with Crippen LogP contribution in [-0.2, 0) is 0 Å². The molecule has 16 heavy (non-hydrogen) atoms. The maximum Gasteiger partial charge on any atom is 0.187 e. The predicted molar refractivity (Wildman–Crippen MR) is 74.1 cm³/mol. The van der Waals surface area contributed by atoms with Crippen LogP contribution in [0.1, 0.15) is 6.04 Å². The van der Waals surface area contributed by atoms with Crippen LogP contribution in [0.25, 0.3) is 11.4 Å². The molecule has 0 saturated carbocycles. The number of fused-ring (bicyclic) bond motifs is 1. The second kappa shape index (κ2) is 4.37. The quantitative estimate of drug-likeness (QED) is 0.620. The van der Waals surface area contributed by atoms with E-state index in [0.717, 1.165) is 26.7 Å².